The predicted octanol–water partition coefficient (Wildman–Crippen LogP) is -0.607. The number of sulfone groups is 1. The number of nitrogens with two attached hydrogens (primary N) is 2. The van der Waals surface area contributed by atoms with Crippen LogP contribution in [0.2, 0.25) is 0 Å². The highest BCUT2D eigenvalue weighted by atomic mass is 32.2. The Bertz CT molecular complexity index is 703. The molecule has 1 aliphatic heterocycles. The molecule has 1 aromatic heterocycles. The second kappa shape index (κ2) is 5.15. The zero-order chi connectivity index (χ0) is 15.8. The van der Waals surface area contributed by atoms with Crippen LogP contribution in [0.25, 0.3) is 0 Å². The first-order valence-corrected chi connectivity index (χ1v) is 8.14. The van der Waals surface area contributed by atoms with Crippen molar-refractivity contribution >= 4 is 15.8 Å². The van der Waals surface area contributed by atoms with Crippen LogP contribution in [0.4, 0.5) is 0 Å². The summed E-state index contributed by atoms with van der Waals surface area (Å²) in [5.41, 5.74) is 10.8. The molecule has 0 spiro atoms. The number of hydrogen-bond acceptors (Lipinski definition) is 7. The van der Waals surface area contributed by atoms with Crippen LogP contribution in [-0.4, -0.2) is 29.9 Å². The quantitative estimate of drug-likeness (QED) is 0.680. The minimum absolute atomic E-state index is 0.00570. The van der Waals surface area contributed by atoms with Crippen LogP contribution in [0, 0.1) is 5.92 Å². The molecule has 0 radical (unpaired) electrons. The van der Waals surface area contributed by atoms with Crippen LogP contribution in [0.5, 0.6) is 0 Å². The summed E-state index contributed by atoms with van der Waals surface area (Å²) in [4.78, 5) is 4.11. The first-order valence-electron chi connectivity index (χ1n) is 6.49. The summed E-state index contributed by atoms with van der Waals surface area (Å²) in [7, 11) is -1.91. The zero-order valence-electron chi connectivity index (χ0n) is 12.2. The molecule has 5 N–H and O–H groups in total. The van der Waals surface area contributed by atoms with E-state index in [1.165, 1.54) is 10.9 Å². The number of aliphatic imine (C=N–C) groups is 1. The Kier molecular flexibility index (Phi) is 3.81. The fourth-order valence-electron chi connectivity index (χ4n) is 2.16. The Morgan fingerprint density at radius 2 is 2.14 bits per heavy atom. The molecule has 2 rings (SSSR count). The van der Waals surface area contributed by atoms with Gasteiger partial charge in [0.05, 0.1) is 11.3 Å². The maximum Gasteiger partial charge on any atom is 0.198 e. The lowest BCUT2D eigenvalue weighted by molar-refractivity contribution is 0.548. The van der Waals surface area contributed by atoms with Gasteiger partial charge >= 0.3 is 0 Å². The number of rotatable bonds is 4. The Balaban J connectivity index is 2.57. The number of aryl methyl sites for hydroxylation is 1. The molecule has 116 valence electrons. The van der Waals surface area contributed by atoms with Crippen molar-refractivity contribution < 1.29 is 8.42 Å². The Hall–Kier alpha value is -1.87. The van der Waals surface area contributed by atoms with Crippen molar-refractivity contribution in [3.63, 3.8) is 0 Å². The van der Waals surface area contributed by atoms with Crippen LogP contribution in [0.15, 0.2) is 28.5 Å². The van der Waals surface area contributed by atoms with Gasteiger partial charge in [-0.3, -0.25) is 10.4 Å². The fraction of sp³-hybridized carbons (Fsp3) is 0.500. The third-order valence-electron chi connectivity index (χ3n) is 2.95. The van der Waals surface area contributed by atoms with E-state index < -0.39 is 15.5 Å². The van der Waals surface area contributed by atoms with Gasteiger partial charge in [0.1, 0.15) is 0 Å². The molecule has 0 aromatic carbocycles. The van der Waals surface area contributed by atoms with E-state index in [4.69, 9.17) is 11.5 Å². The first kappa shape index (κ1) is 15.5. The Morgan fingerprint density at radius 3 is 2.71 bits per heavy atom. The summed E-state index contributed by atoms with van der Waals surface area (Å²) in [6.07, 6.45) is 4.64. The lowest BCUT2D eigenvalue weighted by Crippen LogP contribution is -2.43. The molecule has 0 fully saturated rings. The van der Waals surface area contributed by atoms with Gasteiger partial charge in [0.2, 0.25) is 0 Å². The van der Waals surface area contributed by atoms with Gasteiger partial charge in [-0.1, -0.05) is 13.8 Å². The second-order valence-electron chi connectivity index (χ2n) is 5.50. The molecule has 2 heterocycles. The van der Waals surface area contributed by atoms with Gasteiger partial charge in [0, 0.05) is 19.4 Å². The van der Waals surface area contributed by atoms with Crippen molar-refractivity contribution in [1.82, 2.24) is 15.1 Å². The van der Waals surface area contributed by atoms with Gasteiger partial charge in [-0.15, -0.1) is 0 Å². The molecule has 8 nitrogen and oxygen atoms in total. The third-order valence-corrected chi connectivity index (χ3v) is 4.94. The number of hydrogen-bond donors (Lipinski definition) is 3. The summed E-state index contributed by atoms with van der Waals surface area (Å²) < 4.78 is 26.4. The minimum Gasteiger partial charge on any atom is -0.370 e. The molecule has 0 saturated heterocycles. The highest BCUT2D eigenvalue weighted by Crippen LogP contribution is 2.29. The Morgan fingerprint density at radius 1 is 1.48 bits per heavy atom. The molecule has 1 unspecified atom stereocenters. The average molecular weight is 312 g/mol. The van der Waals surface area contributed by atoms with Gasteiger partial charge < -0.3 is 11.1 Å². The van der Waals surface area contributed by atoms with E-state index in [0.29, 0.717) is 5.56 Å². The van der Waals surface area contributed by atoms with E-state index in [1.807, 2.05) is 13.8 Å². The molecule has 9 heteroatoms. The molecule has 0 bridgehead atoms. The van der Waals surface area contributed by atoms with E-state index in [9.17, 15) is 8.42 Å². The highest BCUT2D eigenvalue weighted by molar-refractivity contribution is 7.91. The van der Waals surface area contributed by atoms with E-state index in [1.54, 1.807) is 19.3 Å². The van der Waals surface area contributed by atoms with Crippen molar-refractivity contribution in [1.29, 1.82) is 0 Å². The second-order valence-corrected chi connectivity index (χ2v) is 7.45. The summed E-state index contributed by atoms with van der Waals surface area (Å²) in [6.45, 7) is 3.66. The van der Waals surface area contributed by atoms with E-state index >= 15 is 0 Å². The fourth-order valence-corrected chi connectivity index (χ4v) is 4.00. The van der Waals surface area contributed by atoms with Crippen LogP contribution in [0.3, 0.4) is 0 Å². The van der Waals surface area contributed by atoms with Crippen LogP contribution < -0.4 is 16.8 Å². The topological polar surface area (TPSA) is 128 Å². The molecule has 0 amide bonds. The van der Waals surface area contributed by atoms with Gasteiger partial charge in [0.25, 0.3) is 0 Å². The predicted molar refractivity (Wildman–Crippen MR) is 79.9 cm³/mol. The van der Waals surface area contributed by atoms with Crippen molar-refractivity contribution in [3.05, 3.63) is 24.0 Å². The number of nitrogens with one attached hydrogen (secondary N) is 1. The highest BCUT2D eigenvalue weighted by Gasteiger charge is 2.36. The van der Waals surface area contributed by atoms with Gasteiger partial charge in [0.15, 0.2) is 26.5 Å². The maximum absolute atomic E-state index is 12.5. The number of nitrogens with zero attached hydrogens (tertiary/aromatic N) is 3. The molecule has 0 aliphatic carbocycles. The third kappa shape index (κ3) is 3.08. The maximum atomic E-state index is 12.5. The SMILES string of the molecule is CC(C)CS(=O)(=O)c1nn(C)cc1C1(N)C=CNC(N)=N1. The summed E-state index contributed by atoms with van der Waals surface area (Å²) in [6, 6.07) is 0. The monoisotopic (exact) mass is 312 g/mol. The van der Waals surface area contributed by atoms with E-state index in [0.717, 1.165) is 0 Å². The molecular weight excluding hydrogens is 292 g/mol. The van der Waals surface area contributed by atoms with E-state index in [2.05, 4.69) is 15.4 Å². The number of guanidine groups is 1. The average Bonchev–Trinajstić information content (AvgIpc) is 2.71. The molecule has 1 aliphatic rings. The Labute approximate surface area is 123 Å². The van der Waals surface area contributed by atoms with Crippen molar-refractivity contribution in [2.45, 2.75) is 24.5 Å². The number of aromatic nitrogens is 2. The van der Waals surface area contributed by atoms with Crippen molar-refractivity contribution in [3.8, 4) is 0 Å². The molecule has 21 heavy (non-hydrogen) atoms. The van der Waals surface area contributed by atoms with Crippen LogP contribution in [0.1, 0.15) is 19.4 Å². The van der Waals surface area contributed by atoms with Crippen LogP contribution >= 0.6 is 0 Å². The van der Waals surface area contributed by atoms with E-state index in [-0.39, 0.29) is 22.7 Å². The molecule has 1 aromatic rings. The van der Waals surface area contributed by atoms with Gasteiger partial charge in [-0.2, -0.15) is 5.10 Å². The largest absolute Gasteiger partial charge is 0.370 e. The minimum atomic E-state index is -3.55. The van der Waals surface area contributed by atoms with Gasteiger partial charge in [-0.25, -0.2) is 13.4 Å². The first-order chi connectivity index (χ1) is 9.64. The van der Waals surface area contributed by atoms with Crippen molar-refractivity contribution in [2.75, 3.05) is 5.75 Å². The molecule has 1 atom stereocenters. The standard InChI is InChI=1S/C12H20N6O2S/c1-8(2)7-21(19,20)10-9(6-18(3)17-10)12(14)4-5-15-11(13)16-12/h4-6,8H,7,14H2,1-3H3,(H3,13,15,16). The zero-order valence-corrected chi connectivity index (χ0v) is 13.1. The lowest BCUT2D eigenvalue weighted by atomic mass is 10.0. The molecule has 0 saturated carbocycles. The van der Waals surface area contributed by atoms with Crippen LogP contribution in [-0.2, 0) is 22.5 Å². The van der Waals surface area contributed by atoms with Gasteiger partial charge in [-0.05, 0) is 12.0 Å². The smallest absolute Gasteiger partial charge is 0.198 e. The summed E-state index contributed by atoms with van der Waals surface area (Å²) in [5, 5.41) is 6.71. The normalized spacial score (nSPS) is 22.2. The molecular formula is C12H20N6O2S. The summed E-state index contributed by atoms with van der Waals surface area (Å²) >= 11 is 0. The lowest BCUT2D eigenvalue weighted by Gasteiger charge is -2.25. The summed E-state index contributed by atoms with van der Waals surface area (Å²) in [5.74, 6) is 0.0978. The van der Waals surface area contributed by atoms with Crippen molar-refractivity contribution in [2.24, 2.45) is 29.4 Å².